The zero-order valence-electron chi connectivity index (χ0n) is 22.9. The van der Waals surface area contributed by atoms with Crippen molar-refractivity contribution in [3.63, 3.8) is 0 Å². The molecule has 0 aliphatic rings. The first-order valence-electron chi connectivity index (χ1n) is 13.2. The highest BCUT2D eigenvalue weighted by molar-refractivity contribution is 5.98. The Labute approximate surface area is 234 Å². The van der Waals surface area contributed by atoms with E-state index in [1.54, 1.807) is 15.3 Å². The predicted molar refractivity (Wildman–Crippen MR) is 156 cm³/mol. The quantitative estimate of drug-likeness (QED) is 0.305. The van der Waals surface area contributed by atoms with E-state index in [-0.39, 0.29) is 23.2 Å². The number of nitrogens with two attached hydrogens (primary N) is 1. The zero-order chi connectivity index (χ0) is 28.8. The van der Waals surface area contributed by atoms with E-state index in [1.165, 1.54) is 18.5 Å². The van der Waals surface area contributed by atoms with Crippen molar-refractivity contribution in [1.29, 1.82) is 0 Å². The molecule has 0 aliphatic heterocycles. The van der Waals surface area contributed by atoms with Crippen LogP contribution in [0.2, 0.25) is 0 Å². The summed E-state index contributed by atoms with van der Waals surface area (Å²) in [5.74, 6) is -0.643. The maximum absolute atomic E-state index is 14.3. The van der Waals surface area contributed by atoms with E-state index in [0.717, 1.165) is 34.9 Å². The Balaban J connectivity index is 1.53. The molecule has 5 heterocycles. The Morgan fingerprint density at radius 3 is 2.63 bits per heavy atom. The number of pyridine rings is 2. The Morgan fingerprint density at radius 1 is 1.05 bits per heavy atom. The number of anilines is 1. The number of aromatic hydroxyl groups is 1. The van der Waals surface area contributed by atoms with Crippen LogP contribution in [-0.4, -0.2) is 59.4 Å². The SMILES string of the molecule is C[C@H](c1cc2ccccn2c1-c1ccn(CCN(C)C)c(=O)c1)n1nc(-c2cc(O)cc(F)c2)c2c(N)ncnc21. The predicted octanol–water partition coefficient (Wildman–Crippen LogP) is 4.17. The minimum atomic E-state index is -0.604. The van der Waals surface area contributed by atoms with Gasteiger partial charge in [0, 0.05) is 59.8 Å². The van der Waals surface area contributed by atoms with E-state index in [2.05, 4.69) is 16.0 Å². The first kappa shape index (κ1) is 26.2. The largest absolute Gasteiger partial charge is 0.508 e. The summed E-state index contributed by atoms with van der Waals surface area (Å²) in [7, 11) is 3.94. The number of phenolic OH excluding ortho intramolecular Hbond substituents is 1. The van der Waals surface area contributed by atoms with Crippen molar-refractivity contribution in [1.82, 2.24) is 33.6 Å². The van der Waals surface area contributed by atoms with Crippen LogP contribution >= 0.6 is 0 Å². The summed E-state index contributed by atoms with van der Waals surface area (Å²) in [6.45, 7) is 3.32. The maximum atomic E-state index is 14.3. The third-order valence-electron chi connectivity index (χ3n) is 7.26. The van der Waals surface area contributed by atoms with Crippen LogP contribution in [-0.2, 0) is 6.54 Å². The minimum Gasteiger partial charge on any atom is -0.508 e. The summed E-state index contributed by atoms with van der Waals surface area (Å²) in [5.41, 5.74) is 10.8. The molecular weight excluding hydrogens is 523 g/mol. The molecule has 1 aromatic carbocycles. The highest BCUT2D eigenvalue weighted by Crippen LogP contribution is 2.38. The van der Waals surface area contributed by atoms with Crippen molar-refractivity contribution in [3.8, 4) is 28.3 Å². The van der Waals surface area contributed by atoms with E-state index in [0.29, 0.717) is 28.8 Å². The normalized spacial score (nSPS) is 12.5. The molecule has 6 rings (SSSR count). The topological polar surface area (TPSA) is 120 Å². The van der Waals surface area contributed by atoms with E-state index in [4.69, 9.17) is 10.8 Å². The summed E-state index contributed by atoms with van der Waals surface area (Å²) in [6, 6.07) is 14.9. The lowest BCUT2D eigenvalue weighted by molar-refractivity contribution is 0.381. The van der Waals surface area contributed by atoms with Crippen molar-refractivity contribution in [2.45, 2.75) is 19.5 Å². The van der Waals surface area contributed by atoms with Crippen LogP contribution in [0.15, 0.2) is 78.1 Å². The average molecular weight is 553 g/mol. The van der Waals surface area contributed by atoms with Crippen LogP contribution in [0.4, 0.5) is 10.2 Å². The minimum absolute atomic E-state index is 0.0907. The van der Waals surface area contributed by atoms with Crippen LogP contribution in [0.1, 0.15) is 18.5 Å². The van der Waals surface area contributed by atoms with Gasteiger partial charge in [-0.25, -0.2) is 19.0 Å². The van der Waals surface area contributed by atoms with Gasteiger partial charge in [0.25, 0.3) is 5.56 Å². The smallest absolute Gasteiger partial charge is 0.251 e. The number of likely N-dealkylation sites (N-methyl/N-ethyl adjacent to an activating group) is 1. The Morgan fingerprint density at radius 2 is 1.88 bits per heavy atom. The van der Waals surface area contributed by atoms with Crippen molar-refractivity contribution in [3.05, 3.63) is 95.1 Å². The molecule has 11 heteroatoms. The van der Waals surface area contributed by atoms with Crippen molar-refractivity contribution < 1.29 is 9.50 Å². The van der Waals surface area contributed by atoms with E-state index in [1.807, 2.05) is 67.0 Å². The highest BCUT2D eigenvalue weighted by Gasteiger charge is 2.25. The van der Waals surface area contributed by atoms with Gasteiger partial charge in [-0.05, 0) is 57.4 Å². The summed E-state index contributed by atoms with van der Waals surface area (Å²) in [6.07, 6.45) is 5.14. The van der Waals surface area contributed by atoms with Gasteiger partial charge in [0.2, 0.25) is 0 Å². The van der Waals surface area contributed by atoms with Gasteiger partial charge < -0.3 is 24.7 Å². The molecule has 1 atom stereocenters. The molecule has 6 aromatic rings. The lowest BCUT2D eigenvalue weighted by Crippen LogP contribution is -2.25. The fraction of sp³-hybridized carbons (Fsp3) is 0.200. The molecule has 10 nitrogen and oxygen atoms in total. The number of hydrogen-bond donors (Lipinski definition) is 2. The first-order chi connectivity index (χ1) is 19.7. The fourth-order valence-corrected chi connectivity index (χ4v) is 5.23. The van der Waals surface area contributed by atoms with E-state index >= 15 is 0 Å². The van der Waals surface area contributed by atoms with Gasteiger partial charge in [0.15, 0.2) is 5.65 Å². The summed E-state index contributed by atoms with van der Waals surface area (Å²) >= 11 is 0. The number of phenols is 1. The molecule has 0 spiro atoms. The number of fused-ring (bicyclic) bond motifs is 2. The molecule has 0 radical (unpaired) electrons. The van der Waals surface area contributed by atoms with Gasteiger partial charge in [-0.3, -0.25) is 4.79 Å². The van der Waals surface area contributed by atoms with Crippen molar-refractivity contribution in [2.24, 2.45) is 0 Å². The van der Waals surface area contributed by atoms with Crippen LogP contribution in [0.5, 0.6) is 5.75 Å². The highest BCUT2D eigenvalue weighted by atomic mass is 19.1. The fourth-order valence-electron chi connectivity index (χ4n) is 5.23. The van der Waals surface area contributed by atoms with Crippen molar-refractivity contribution >= 4 is 22.4 Å². The second-order valence-electron chi connectivity index (χ2n) is 10.3. The zero-order valence-corrected chi connectivity index (χ0v) is 22.9. The molecule has 41 heavy (non-hydrogen) atoms. The molecule has 0 unspecified atom stereocenters. The number of benzene rings is 1. The summed E-state index contributed by atoms with van der Waals surface area (Å²) in [5, 5.41) is 15.4. The second kappa shape index (κ2) is 10.2. The monoisotopic (exact) mass is 552 g/mol. The van der Waals surface area contributed by atoms with Crippen molar-refractivity contribution in [2.75, 3.05) is 26.4 Å². The molecule has 0 amide bonds. The van der Waals surface area contributed by atoms with Gasteiger partial charge >= 0.3 is 0 Å². The maximum Gasteiger partial charge on any atom is 0.251 e. The Hall–Kier alpha value is -5.03. The summed E-state index contributed by atoms with van der Waals surface area (Å²) < 4.78 is 19.7. The van der Waals surface area contributed by atoms with Gasteiger partial charge in [-0.2, -0.15) is 5.10 Å². The molecule has 0 aliphatic carbocycles. The number of aromatic nitrogens is 6. The molecule has 5 aromatic heterocycles. The van der Waals surface area contributed by atoms with Gasteiger partial charge in [-0.15, -0.1) is 0 Å². The molecule has 0 saturated carbocycles. The molecule has 0 bridgehead atoms. The number of halogens is 1. The van der Waals surface area contributed by atoms with Crippen LogP contribution < -0.4 is 11.3 Å². The van der Waals surface area contributed by atoms with Crippen LogP contribution in [0.25, 0.3) is 39.1 Å². The average Bonchev–Trinajstić information content (AvgIpc) is 3.52. The number of nitrogens with zero attached hydrogens (tertiary/aromatic N) is 7. The summed E-state index contributed by atoms with van der Waals surface area (Å²) in [4.78, 5) is 23.8. The standard InChI is InChI=1S/C30H29FN8O2/c1-18(39-30-26(29(32)33-17-34-30)27(35-39)20-12-21(31)15-23(40)13-20)24-16-22-6-4-5-8-38(22)28(24)19-7-9-37(25(41)14-19)11-10-36(2)3/h4-9,12-18,40H,10-11H2,1-3H3,(H2,32,33,34)/t18-/m1/s1. The third-order valence-corrected chi connectivity index (χ3v) is 7.26. The number of hydrogen-bond acceptors (Lipinski definition) is 7. The molecule has 208 valence electrons. The van der Waals surface area contributed by atoms with Crippen LogP contribution in [0.3, 0.4) is 0 Å². The van der Waals surface area contributed by atoms with E-state index < -0.39 is 5.82 Å². The second-order valence-corrected chi connectivity index (χ2v) is 10.3. The van der Waals surface area contributed by atoms with Crippen LogP contribution in [0, 0.1) is 5.82 Å². The molecular formula is C30H29FN8O2. The molecule has 0 fully saturated rings. The molecule has 0 saturated heterocycles. The van der Waals surface area contributed by atoms with Gasteiger partial charge in [0.05, 0.1) is 17.1 Å². The Bertz CT molecular complexity index is 1950. The first-order valence-corrected chi connectivity index (χ1v) is 13.2. The Kier molecular flexibility index (Phi) is 6.50. The molecule has 3 N–H and O–H groups in total. The number of nitrogen functional groups attached to an aromatic ring is 1. The van der Waals surface area contributed by atoms with E-state index in [9.17, 15) is 14.3 Å². The van der Waals surface area contributed by atoms with Gasteiger partial charge in [-0.1, -0.05) is 6.07 Å². The number of rotatable bonds is 7. The lowest BCUT2D eigenvalue weighted by Gasteiger charge is -2.16. The van der Waals surface area contributed by atoms with Gasteiger partial charge in [0.1, 0.15) is 29.4 Å². The third kappa shape index (κ3) is 4.70. The lowest BCUT2D eigenvalue weighted by atomic mass is 10.0.